The largest absolute Gasteiger partial charge is 0.573 e. The molecule has 1 atom stereocenters. The van der Waals surface area contributed by atoms with Crippen LogP contribution in [0, 0.1) is 0 Å². The number of aliphatic hydroxyl groups is 1. The lowest BCUT2D eigenvalue weighted by Crippen LogP contribution is -2.17. The minimum atomic E-state index is -4.67. The van der Waals surface area contributed by atoms with Crippen molar-refractivity contribution < 1.29 is 23.0 Å². The maximum atomic E-state index is 12.1. The van der Waals surface area contributed by atoms with Gasteiger partial charge in [-0.1, -0.05) is 43.3 Å². The summed E-state index contributed by atoms with van der Waals surface area (Å²) in [6.45, 7) is 1.91. The van der Waals surface area contributed by atoms with Crippen molar-refractivity contribution in [3.05, 3.63) is 65.2 Å². The Kier molecular flexibility index (Phi) is 5.08. The predicted octanol–water partition coefficient (Wildman–Crippen LogP) is 4.62. The number of hydrogen-bond acceptors (Lipinski definition) is 2. The third kappa shape index (κ3) is 4.77. The van der Waals surface area contributed by atoms with Gasteiger partial charge in [-0.3, -0.25) is 0 Å². The van der Waals surface area contributed by atoms with Crippen molar-refractivity contribution in [1.29, 1.82) is 0 Å². The Hall–Kier alpha value is -2.01. The molecule has 2 rings (SSSR count). The van der Waals surface area contributed by atoms with E-state index in [4.69, 9.17) is 0 Å². The van der Waals surface area contributed by atoms with Crippen molar-refractivity contribution in [2.45, 2.75) is 32.2 Å². The van der Waals surface area contributed by atoms with Gasteiger partial charge in [-0.15, -0.1) is 13.2 Å². The summed E-state index contributed by atoms with van der Waals surface area (Å²) in [5, 5.41) is 9.73. The molecule has 0 aliphatic carbocycles. The number of aliphatic hydroxyl groups excluding tert-OH is 1. The van der Waals surface area contributed by atoms with Crippen LogP contribution in [0.2, 0.25) is 0 Å². The smallest absolute Gasteiger partial charge is 0.406 e. The maximum Gasteiger partial charge on any atom is 0.573 e. The zero-order valence-corrected chi connectivity index (χ0v) is 12.1. The highest BCUT2D eigenvalue weighted by atomic mass is 19.4. The lowest BCUT2D eigenvalue weighted by Gasteiger charge is -2.10. The average Bonchev–Trinajstić information content (AvgIpc) is 2.48. The van der Waals surface area contributed by atoms with E-state index in [2.05, 4.69) is 4.74 Å². The van der Waals surface area contributed by atoms with Crippen molar-refractivity contribution in [2.75, 3.05) is 0 Å². The first kappa shape index (κ1) is 16.4. The molecule has 0 saturated heterocycles. The molecule has 5 heteroatoms. The van der Waals surface area contributed by atoms with E-state index in [9.17, 15) is 18.3 Å². The van der Waals surface area contributed by atoms with Crippen LogP contribution in [-0.2, 0) is 6.42 Å². The monoisotopic (exact) mass is 310 g/mol. The van der Waals surface area contributed by atoms with Gasteiger partial charge in [-0.2, -0.15) is 0 Å². The van der Waals surface area contributed by atoms with Crippen LogP contribution in [0.5, 0.6) is 5.75 Å². The maximum absolute atomic E-state index is 12.1. The van der Waals surface area contributed by atoms with Gasteiger partial charge in [0.2, 0.25) is 0 Å². The van der Waals surface area contributed by atoms with E-state index in [1.807, 2.05) is 31.2 Å². The SMILES string of the molecule is CCC(O)c1ccc(Cc2ccc(OC(F)(F)F)cc2)cc1. The van der Waals surface area contributed by atoms with Gasteiger partial charge in [-0.25, -0.2) is 0 Å². The van der Waals surface area contributed by atoms with E-state index in [1.165, 1.54) is 12.1 Å². The molecule has 1 unspecified atom stereocenters. The fourth-order valence-electron chi connectivity index (χ4n) is 2.14. The highest BCUT2D eigenvalue weighted by molar-refractivity contribution is 5.33. The standard InChI is InChI=1S/C17H17F3O2/c1-2-16(21)14-7-3-12(4-8-14)11-13-5-9-15(10-6-13)22-17(18,19)20/h3-10,16,21H,2,11H2,1H3. The van der Waals surface area contributed by atoms with E-state index in [0.29, 0.717) is 12.8 Å². The van der Waals surface area contributed by atoms with Gasteiger partial charge in [0.25, 0.3) is 0 Å². The first-order valence-corrected chi connectivity index (χ1v) is 6.99. The summed E-state index contributed by atoms with van der Waals surface area (Å²) in [6, 6.07) is 13.4. The highest BCUT2D eigenvalue weighted by Crippen LogP contribution is 2.24. The first-order valence-electron chi connectivity index (χ1n) is 6.99. The van der Waals surface area contributed by atoms with Crippen molar-refractivity contribution in [1.82, 2.24) is 0 Å². The number of benzene rings is 2. The molecule has 118 valence electrons. The molecule has 0 fully saturated rings. The van der Waals surface area contributed by atoms with E-state index < -0.39 is 12.5 Å². The molecule has 0 aromatic heterocycles. The van der Waals surface area contributed by atoms with Crippen molar-refractivity contribution in [3.63, 3.8) is 0 Å². The van der Waals surface area contributed by atoms with E-state index >= 15 is 0 Å². The summed E-state index contributed by atoms with van der Waals surface area (Å²) in [5.74, 6) is -0.224. The molecule has 0 aliphatic rings. The number of ether oxygens (including phenoxy) is 1. The fourth-order valence-corrected chi connectivity index (χ4v) is 2.14. The fraction of sp³-hybridized carbons (Fsp3) is 0.294. The Balaban J connectivity index is 2.01. The zero-order chi connectivity index (χ0) is 16.2. The molecule has 0 radical (unpaired) electrons. The van der Waals surface area contributed by atoms with E-state index in [1.54, 1.807) is 12.1 Å². The highest BCUT2D eigenvalue weighted by Gasteiger charge is 2.30. The van der Waals surface area contributed by atoms with Gasteiger partial charge < -0.3 is 9.84 Å². The number of alkyl halides is 3. The topological polar surface area (TPSA) is 29.5 Å². The van der Waals surface area contributed by atoms with Gasteiger partial charge in [0.1, 0.15) is 5.75 Å². The molecular weight excluding hydrogens is 293 g/mol. The summed E-state index contributed by atoms with van der Waals surface area (Å²) in [7, 11) is 0. The second-order valence-electron chi connectivity index (χ2n) is 5.03. The molecule has 0 saturated carbocycles. The molecule has 0 heterocycles. The van der Waals surface area contributed by atoms with Crippen molar-refractivity contribution in [2.24, 2.45) is 0 Å². The summed E-state index contributed by atoms with van der Waals surface area (Å²) >= 11 is 0. The summed E-state index contributed by atoms with van der Waals surface area (Å²) in [6.07, 6.45) is -3.88. The summed E-state index contributed by atoms with van der Waals surface area (Å²) in [5.41, 5.74) is 2.77. The van der Waals surface area contributed by atoms with E-state index in [0.717, 1.165) is 16.7 Å². The molecule has 0 aliphatic heterocycles. The second-order valence-corrected chi connectivity index (χ2v) is 5.03. The number of hydrogen-bond donors (Lipinski definition) is 1. The Morgan fingerprint density at radius 3 is 1.91 bits per heavy atom. The van der Waals surface area contributed by atoms with Gasteiger partial charge in [0.15, 0.2) is 0 Å². The Bertz CT molecular complexity index is 589. The Labute approximate surface area is 127 Å². The third-order valence-electron chi connectivity index (χ3n) is 3.32. The average molecular weight is 310 g/mol. The molecular formula is C17H17F3O2. The van der Waals surface area contributed by atoms with Crippen molar-refractivity contribution in [3.8, 4) is 5.75 Å². The molecule has 0 bridgehead atoms. The van der Waals surface area contributed by atoms with Crippen LogP contribution in [0.4, 0.5) is 13.2 Å². The number of halogens is 3. The van der Waals surface area contributed by atoms with Gasteiger partial charge >= 0.3 is 6.36 Å². The quantitative estimate of drug-likeness (QED) is 0.873. The van der Waals surface area contributed by atoms with Gasteiger partial charge in [0.05, 0.1) is 6.10 Å². The summed E-state index contributed by atoms with van der Waals surface area (Å²) < 4.78 is 40.1. The van der Waals surface area contributed by atoms with Crippen LogP contribution in [0.25, 0.3) is 0 Å². The van der Waals surface area contributed by atoms with Crippen LogP contribution in [0.15, 0.2) is 48.5 Å². The van der Waals surface area contributed by atoms with Crippen LogP contribution >= 0.6 is 0 Å². The van der Waals surface area contributed by atoms with Gasteiger partial charge in [-0.05, 0) is 41.7 Å². The molecule has 2 nitrogen and oxygen atoms in total. The van der Waals surface area contributed by atoms with Crippen LogP contribution in [0.3, 0.4) is 0 Å². The van der Waals surface area contributed by atoms with Gasteiger partial charge in [0, 0.05) is 0 Å². The Morgan fingerprint density at radius 1 is 0.955 bits per heavy atom. The van der Waals surface area contributed by atoms with Crippen LogP contribution in [-0.4, -0.2) is 11.5 Å². The molecule has 2 aromatic rings. The zero-order valence-electron chi connectivity index (χ0n) is 12.1. The summed E-state index contributed by atoms with van der Waals surface area (Å²) in [4.78, 5) is 0. The van der Waals surface area contributed by atoms with E-state index in [-0.39, 0.29) is 5.75 Å². The third-order valence-corrected chi connectivity index (χ3v) is 3.32. The second kappa shape index (κ2) is 6.83. The minimum absolute atomic E-state index is 0.224. The lowest BCUT2D eigenvalue weighted by atomic mass is 10.0. The number of rotatable bonds is 5. The Morgan fingerprint density at radius 2 is 1.45 bits per heavy atom. The minimum Gasteiger partial charge on any atom is -0.406 e. The normalized spacial score (nSPS) is 13.0. The molecule has 0 amide bonds. The first-order chi connectivity index (χ1) is 10.4. The molecule has 22 heavy (non-hydrogen) atoms. The lowest BCUT2D eigenvalue weighted by molar-refractivity contribution is -0.274. The van der Waals surface area contributed by atoms with Crippen LogP contribution < -0.4 is 4.74 Å². The van der Waals surface area contributed by atoms with Crippen molar-refractivity contribution >= 4 is 0 Å². The predicted molar refractivity (Wildman–Crippen MR) is 77.6 cm³/mol. The molecule has 1 N–H and O–H groups in total. The molecule has 2 aromatic carbocycles. The van der Waals surface area contributed by atoms with Crippen LogP contribution in [0.1, 0.15) is 36.1 Å². The molecule has 0 spiro atoms.